The molecule has 2 atom stereocenters. The molecule has 0 aliphatic carbocycles. The van der Waals surface area contributed by atoms with Crippen LogP contribution < -0.4 is 5.32 Å². The molecule has 0 bridgehead atoms. The summed E-state index contributed by atoms with van der Waals surface area (Å²) in [6.07, 6.45) is 3.03. The van der Waals surface area contributed by atoms with Crippen molar-refractivity contribution in [1.82, 2.24) is 5.32 Å². The van der Waals surface area contributed by atoms with Crippen LogP contribution in [0.25, 0.3) is 0 Å². The standard InChI is InChI=1S/C8H12N2O/c9-6-7-2-4-10-8(7)3-1-5-11-8/h7,10H,1-5H2. The van der Waals surface area contributed by atoms with E-state index in [1.807, 2.05) is 0 Å². The SMILES string of the molecule is N#CC1CCNC12CCCO2. The predicted molar refractivity (Wildman–Crippen MR) is 39.6 cm³/mol. The molecule has 0 amide bonds. The third-order valence-corrected chi connectivity index (χ3v) is 2.63. The van der Waals surface area contributed by atoms with Crippen molar-refractivity contribution in [3.05, 3.63) is 0 Å². The first kappa shape index (κ1) is 7.08. The first-order chi connectivity index (χ1) is 5.37. The molecule has 0 aromatic carbocycles. The normalized spacial score (nSPS) is 43.0. The zero-order chi connectivity index (χ0) is 7.73. The number of hydrogen-bond donors (Lipinski definition) is 1. The van der Waals surface area contributed by atoms with Crippen LogP contribution in [0.2, 0.25) is 0 Å². The molecule has 2 aliphatic heterocycles. The molecule has 11 heavy (non-hydrogen) atoms. The second-order valence-electron chi connectivity index (χ2n) is 3.24. The Morgan fingerprint density at radius 2 is 2.55 bits per heavy atom. The van der Waals surface area contributed by atoms with E-state index < -0.39 is 0 Å². The first-order valence-corrected chi connectivity index (χ1v) is 4.16. The Labute approximate surface area is 66.3 Å². The van der Waals surface area contributed by atoms with Crippen molar-refractivity contribution in [3.8, 4) is 6.07 Å². The van der Waals surface area contributed by atoms with E-state index >= 15 is 0 Å². The van der Waals surface area contributed by atoms with Crippen molar-refractivity contribution >= 4 is 0 Å². The lowest BCUT2D eigenvalue weighted by molar-refractivity contribution is -0.0290. The zero-order valence-corrected chi connectivity index (χ0v) is 6.47. The number of rotatable bonds is 0. The molecule has 2 unspecified atom stereocenters. The van der Waals surface area contributed by atoms with Gasteiger partial charge in [0.25, 0.3) is 0 Å². The highest BCUT2D eigenvalue weighted by atomic mass is 16.5. The highest BCUT2D eigenvalue weighted by Gasteiger charge is 2.46. The number of nitriles is 1. The molecular formula is C8H12N2O. The highest BCUT2D eigenvalue weighted by Crippen LogP contribution is 2.35. The molecule has 3 heteroatoms. The Morgan fingerprint density at radius 3 is 3.18 bits per heavy atom. The lowest BCUT2D eigenvalue weighted by Gasteiger charge is -2.25. The fraction of sp³-hybridized carbons (Fsp3) is 0.875. The van der Waals surface area contributed by atoms with Gasteiger partial charge in [-0.2, -0.15) is 5.26 Å². The first-order valence-electron chi connectivity index (χ1n) is 4.16. The second-order valence-corrected chi connectivity index (χ2v) is 3.24. The lowest BCUT2D eigenvalue weighted by atomic mass is 9.96. The van der Waals surface area contributed by atoms with Crippen molar-refractivity contribution in [3.63, 3.8) is 0 Å². The van der Waals surface area contributed by atoms with Gasteiger partial charge in [0.05, 0.1) is 12.0 Å². The van der Waals surface area contributed by atoms with Crippen molar-refractivity contribution < 1.29 is 4.74 Å². The molecule has 2 heterocycles. The molecule has 2 fully saturated rings. The van der Waals surface area contributed by atoms with E-state index in [2.05, 4.69) is 11.4 Å². The summed E-state index contributed by atoms with van der Waals surface area (Å²) in [5.74, 6) is 0.0741. The van der Waals surface area contributed by atoms with Crippen molar-refractivity contribution in [2.75, 3.05) is 13.2 Å². The van der Waals surface area contributed by atoms with E-state index in [4.69, 9.17) is 10.00 Å². The van der Waals surface area contributed by atoms with Gasteiger partial charge in [0.15, 0.2) is 0 Å². The van der Waals surface area contributed by atoms with Gasteiger partial charge in [-0.25, -0.2) is 0 Å². The largest absolute Gasteiger partial charge is 0.359 e. The van der Waals surface area contributed by atoms with Gasteiger partial charge in [0.1, 0.15) is 5.72 Å². The van der Waals surface area contributed by atoms with Gasteiger partial charge < -0.3 is 4.74 Å². The summed E-state index contributed by atoms with van der Waals surface area (Å²) in [6, 6.07) is 2.31. The highest BCUT2D eigenvalue weighted by molar-refractivity contribution is 5.04. The molecule has 0 saturated carbocycles. The van der Waals surface area contributed by atoms with Gasteiger partial charge >= 0.3 is 0 Å². The molecule has 3 nitrogen and oxygen atoms in total. The molecule has 2 rings (SSSR count). The maximum Gasteiger partial charge on any atom is 0.135 e. The van der Waals surface area contributed by atoms with Crippen molar-refractivity contribution in [1.29, 1.82) is 5.26 Å². The average molecular weight is 152 g/mol. The smallest absolute Gasteiger partial charge is 0.135 e. The summed E-state index contributed by atoms with van der Waals surface area (Å²) in [5, 5.41) is 12.1. The maximum absolute atomic E-state index is 8.82. The molecule has 60 valence electrons. The summed E-state index contributed by atoms with van der Waals surface area (Å²) in [7, 11) is 0. The maximum atomic E-state index is 8.82. The average Bonchev–Trinajstić information content (AvgIpc) is 2.62. The molecule has 0 aromatic heterocycles. The zero-order valence-electron chi connectivity index (χ0n) is 6.47. The number of nitrogens with zero attached hydrogens (tertiary/aromatic N) is 1. The van der Waals surface area contributed by atoms with Crippen LogP contribution in [0.15, 0.2) is 0 Å². The minimum atomic E-state index is -0.255. The Kier molecular flexibility index (Phi) is 1.59. The molecular weight excluding hydrogens is 140 g/mol. The molecule has 2 saturated heterocycles. The summed E-state index contributed by atoms with van der Waals surface area (Å²) in [5.41, 5.74) is -0.255. The van der Waals surface area contributed by atoms with Gasteiger partial charge in [0, 0.05) is 6.61 Å². The summed E-state index contributed by atoms with van der Waals surface area (Å²) in [4.78, 5) is 0. The van der Waals surface area contributed by atoms with Crippen LogP contribution in [0.5, 0.6) is 0 Å². The van der Waals surface area contributed by atoms with E-state index in [0.29, 0.717) is 0 Å². The van der Waals surface area contributed by atoms with Gasteiger partial charge in [-0.15, -0.1) is 0 Å². The van der Waals surface area contributed by atoms with Gasteiger partial charge in [-0.1, -0.05) is 0 Å². The monoisotopic (exact) mass is 152 g/mol. The van der Waals surface area contributed by atoms with E-state index in [-0.39, 0.29) is 11.6 Å². The topological polar surface area (TPSA) is 45.0 Å². The summed E-state index contributed by atoms with van der Waals surface area (Å²) in [6.45, 7) is 1.74. The van der Waals surface area contributed by atoms with Crippen molar-refractivity contribution in [2.24, 2.45) is 5.92 Å². The molecule has 2 aliphatic rings. The Balaban J connectivity index is 2.17. The minimum absolute atomic E-state index is 0.0741. The Morgan fingerprint density at radius 1 is 1.64 bits per heavy atom. The van der Waals surface area contributed by atoms with E-state index in [1.54, 1.807) is 0 Å². The van der Waals surface area contributed by atoms with Crippen LogP contribution in [-0.4, -0.2) is 18.9 Å². The van der Waals surface area contributed by atoms with Crippen LogP contribution in [0.4, 0.5) is 0 Å². The quantitative estimate of drug-likeness (QED) is 0.553. The third kappa shape index (κ3) is 0.943. The Bertz CT molecular complexity index is 185. The van der Waals surface area contributed by atoms with Crippen LogP contribution in [0.1, 0.15) is 19.3 Å². The fourth-order valence-electron chi connectivity index (χ4n) is 2.03. The molecule has 1 N–H and O–H groups in total. The van der Waals surface area contributed by atoms with E-state index in [9.17, 15) is 0 Å². The van der Waals surface area contributed by atoms with Gasteiger partial charge in [-0.3, -0.25) is 5.32 Å². The minimum Gasteiger partial charge on any atom is -0.359 e. The van der Waals surface area contributed by atoms with Crippen LogP contribution in [-0.2, 0) is 4.74 Å². The van der Waals surface area contributed by atoms with Crippen LogP contribution in [0, 0.1) is 17.2 Å². The molecule has 0 radical (unpaired) electrons. The predicted octanol–water partition coefficient (Wildman–Crippen LogP) is 0.626. The van der Waals surface area contributed by atoms with Gasteiger partial charge in [-0.05, 0) is 25.8 Å². The Hall–Kier alpha value is -0.590. The summed E-state index contributed by atoms with van der Waals surface area (Å²) >= 11 is 0. The van der Waals surface area contributed by atoms with Crippen molar-refractivity contribution in [2.45, 2.75) is 25.0 Å². The third-order valence-electron chi connectivity index (χ3n) is 2.63. The molecule has 0 aromatic rings. The van der Waals surface area contributed by atoms with Crippen LogP contribution >= 0.6 is 0 Å². The molecule has 1 spiro atoms. The number of hydrogen-bond acceptors (Lipinski definition) is 3. The fourth-order valence-corrected chi connectivity index (χ4v) is 2.03. The van der Waals surface area contributed by atoms with Gasteiger partial charge in [0.2, 0.25) is 0 Å². The van der Waals surface area contributed by atoms with Crippen LogP contribution in [0.3, 0.4) is 0 Å². The lowest BCUT2D eigenvalue weighted by Crippen LogP contribution is -2.43. The number of ether oxygens (including phenoxy) is 1. The summed E-state index contributed by atoms with van der Waals surface area (Å²) < 4.78 is 5.57. The van der Waals surface area contributed by atoms with E-state index in [0.717, 1.165) is 32.4 Å². The second kappa shape index (κ2) is 2.47. The van der Waals surface area contributed by atoms with E-state index in [1.165, 1.54) is 0 Å². The number of nitrogens with one attached hydrogen (secondary N) is 1.